The van der Waals surface area contributed by atoms with Gasteiger partial charge in [-0.3, -0.25) is 9.58 Å². The van der Waals surface area contributed by atoms with Crippen molar-refractivity contribution in [2.45, 2.75) is 32.2 Å². The Morgan fingerprint density at radius 3 is 3.05 bits per heavy atom. The molecule has 1 aliphatic carbocycles. The first-order valence-corrected chi connectivity index (χ1v) is 7.30. The van der Waals surface area contributed by atoms with E-state index in [2.05, 4.69) is 22.2 Å². The van der Waals surface area contributed by atoms with Crippen molar-refractivity contribution in [1.82, 2.24) is 14.7 Å². The van der Waals surface area contributed by atoms with Crippen LogP contribution in [-0.4, -0.2) is 38.8 Å². The van der Waals surface area contributed by atoms with Crippen LogP contribution >= 0.6 is 0 Å². The van der Waals surface area contributed by atoms with Crippen LogP contribution in [0, 0.1) is 5.92 Å². The van der Waals surface area contributed by atoms with E-state index in [1.807, 2.05) is 7.05 Å². The number of carboxylic acid groups (broad SMARTS) is 1. The van der Waals surface area contributed by atoms with E-state index >= 15 is 0 Å². The Morgan fingerprint density at radius 1 is 1.50 bits per heavy atom. The summed E-state index contributed by atoms with van der Waals surface area (Å²) in [6.45, 7) is 2.80. The van der Waals surface area contributed by atoms with Crippen LogP contribution in [0.4, 0.5) is 0 Å². The second kappa shape index (κ2) is 5.40. The molecule has 0 unspecified atom stereocenters. The fraction of sp³-hybridized carbons (Fsp3) is 0.600. The lowest BCUT2D eigenvalue weighted by molar-refractivity contribution is 0.0686. The highest BCUT2D eigenvalue weighted by molar-refractivity contribution is 5.87. The predicted molar refractivity (Wildman–Crippen MR) is 75.6 cm³/mol. The van der Waals surface area contributed by atoms with Crippen LogP contribution in [0.5, 0.6) is 0 Å². The molecule has 1 atom stereocenters. The summed E-state index contributed by atoms with van der Waals surface area (Å²) in [6.07, 6.45) is 9.01. The largest absolute Gasteiger partial charge is 0.476 e. The minimum atomic E-state index is -0.913. The first-order valence-electron chi connectivity index (χ1n) is 7.30. The fourth-order valence-electron chi connectivity index (χ4n) is 3.36. The van der Waals surface area contributed by atoms with E-state index in [1.165, 1.54) is 12.8 Å². The molecule has 2 heterocycles. The third-order valence-corrected chi connectivity index (χ3v) is 4.42. The van der Waals surface area contributed by atoms with Gasteiger partial charge < -0.3 is 5.11 Å². The molecular weight excluding hydrogens is 254 g/mol. The van der Waals surface area contributed by atoms with Crippen molar-refractivity contribution in [2.75, 3.05) is 13.1 Å². The van der Waals surface area contributed by atoms with Crippen molar-refractivity contribution in [2.24, 2.45) is 13.0 Å². The van der Waals surface area contributed by atoms with E-state index in [4.69, 9.17) is 0 Å². The van der Waals surface area contributed by atoms with Crippen molar-refractivity contribution < 1.29 is 9.90 Å². The maximum absolute atomic E-state index is 11.3. The van der Waals surface area contributed by atoms with Gasteiger partial charge in [0.1, 0.15) is 0 Å². The van der Waals surface area contributed by atoms with Gasteiger partial charge in [-0.15, -0.1) is 0 Å². The maximum atomic E-state index is 11.3. The molecule has 0 saturated heterocycles. The average Bonchev–Trinajstić information content (AvgIpc) is 2.77. The molecule has 0 bridgehead atoms. The van der Waals surface area contributed by atoms with Gasteiger partial charge in [0.15, 0.2) is 5.69 Å². The number of fused-ring (bicyclic) bond motifs is 1. The van der Waals surface area contributed by atoms with Crippen LogP contribution in [0.15, 0.2) is 12.2 Å². The molecule has 0 aromatic carbocycles. The molecule has 0 amide bonds. The lowest BCUT2D eigenvalue weighted by Crippen LogP contribution is -2.35. The summed E-state index contributed by atoms with van der Waals surface area (Å²) in [4.78, 5) is 13.7. The fourth-order valence-corrected chi connectivity index (χ4v) is 3.36. The number of carbonyl (C=O) groups is 1. The highest BCUT2D eigenvalue weighted by atomic mass is 16.4. The van der Waals surface area contributed by atoms with Gasteiger partial charge in [0.05, 0.1) is 0 Å². The summed E-state index contributed by atoms with van der Waals surface area (Å²) in [5.74, 6) is -0.198. The summed E-state index contributed by atoms with van der Waals surface area (Å²) >= 11 is 0. The van der Waals surface area contributed by atoms with E-state index < -0.39 is 5.97 Å². The van der Waals surface area contributed by atoms with E-state index in [0.29, 0.717) is 5.92 Å². The zero-order valence-corrected chi connectivity index (χ0v) is 11.9. The minimum Gasteiger partial charge on any atom is -0.476 e. The second-order valence-electron chi connectivity index (χ2n) is 5.84. The molecule has 5 nitrogen and oxygen atoms in total. The van der Waals surface area contributed by atoms with Crippen molar-refractivity contribution in [3.8, 4) is 0 Å². The summed E-state index contributed by atoms with van der Waals surface area (Å²) in [7, 11) is 1.84. The molecule has 1 N–H and O–H groups in total. The van der Waals surface area contributed by atoms with E-state index in [1.54, 1.807) is 4.68 Å². The smallest absolute Gasteiger partial charge is 0.356 e. The third-order valence-electron chi connectivity index (χ3n) is 4.42. The van der Waals surface area contributed by atoms with E-state index in [0.717, 1.165) is 43.7 Å². The Morgan fingerprint density at radius 2 is 2.35 bits per heavy atom. The van der Waals surface area contributed by atoms with Gasteiger partial charge in [0.2, 0.25) is 0 Å². The predicted octanol–water partition coefficient (Wildman–Crippen LogP) is 1.83. The average molecular weight is 275 g/mol. The quantitative estimate of drug-likeness (QED) is 0.855. The maximum Gasteiger partial charge on any atom is 0.356 e. The molecule has 0 saturated carbocycles. The number of hydrogen-bond acceptors (Lipinski definition) is 3. The van der Waals surface area contributed by atoms with Gasteiger partial charge in [0, 0.05) is 44.4 Å². The second-order valence-corrected chi connectivity index (χ2v) is 5.84. The molecule has 20 heavy (non-hydrogen) atoms. The number of carboxylic acids is 1. The Balaban J connectivity index is 1.74. The SMILES string of the molecule is Cn1nc(C(=O)O)c2c1CCN(C[C@H]1CC=CCC1)C2. The topological polar surface area (TPSA) is 58.4 Å². The van der Waals surface area contributed by atoms with Crippen LogP contribution in [0.1, 0.15) is 41.0 Å². The number of allylic oxidation sites excluding steroid dienone is 2. The van der Waals surface area contributed by atoms with E-state index in [9.17, 15) is 9.90 Å². The zero-order chi connectivity index (χ0) is 14.1. The highest BCUT2D eigenvalue weighted by Gasteiger charge is 2.27. The van der Waals surface area contributed by atoms with Crippen LogP contribution in [0.25, 0.3) is 0 Å². The molecule has 1 aromatic rings. The molecule has 3 rings (SSSR count). The van der Waals surface area contributed by atoms with Crippen LogP contribution in [0.2, 0.25) is 0 Å². The van der Waals surface area contributed by atoms with Crippen molar-refractivity contribution in [3.05, 3.63) is 29.1 Å². The van der Waals surface area contributed by atoms with Gasteiger partial charge in [-0.1, -0.05) is 12.2 Å². The van der Waals surface area contributed by atoms with E-state index in [-0.39, 0.29) is 5.69 Å². The summed E-state index contributed by atoms with van der Waals surface area (Å²) < 4.78 is 1.74. The monoisotopic (exact) mass is 275 g/mol. The van der Waals surface area contributed by atoms with Crippen LogP contribution in [-0.2, 0) is 20.0 Å². The first-order chi connectivity index (χ1) is 9.65. The number of hydrogen-bond donors (Lipinski definition) is 1. The van der Waals surface area contributed by atoms with Crippen molar-refractivity contribution >= 4 is 5.97 Å². The zero-order valence-electron chi connectivity index (χ0n) is 11.9. The number of rotatable bonds is 3. The number of aromatic carboxylic acids is 1. The molecule has 0 fully saturated rings. The first kappa shape index (κ1) is 13.4. The van der Waals surface area contributed by atoms with Crippen LogP contribution < -0.4 is 0 Å². The summed E-state index contributed by atoms with van der Waals surface area (Å²) in [5.41, 5.74) is 2.23. The molecular formula is C15H21N3O2. The molecule has 1 aromatic heterocycles. The van der Waals surface area contributed by atoms with Gasteiger partial charge in [-0.2, -0.15) is 5.10 Å². The Kier molecular flexibility index (Phi) is 3.61. The standard InChI is InChI=1S/C15H21N3O2/c1-17-13-7-8-18(9-11-5-3-2-4-6-11)10-12(13)14(16-17)15(19)20/h2-3,11H,4-10H2,1H3,(H,19,20)/t11-/m0/s1. The molecule has 5 heteroatoms. The summed E-state index contributed by atoms with van der Waals surface area (Å²) in [5, 5.41) is 13.4. The third kappa shape index (κ3) is 2.50. The molecule has 0 radical (unpaired) electrons. The number of nitrogens with zero attached hydrogens (tertiary/aromatic N) is 3. The van der Waals surface area contributed by atoms with Gasteiger partial charge >= 0.3 is 5.97 Å². The normalized spacial score (nSPS) is 22.8. The van der Waals surface area contributed by atoms with Crippen molar-refractivity contribution in [3.63, 3.8) is 0 Å². The lowest BCUT2D eigenvalue weighted by atomic mass is 9.93. The molecule has 108 valence electrons. The van der Waals surface area contributed by atoms with Gasteiger partial charge in [0.25, 0.3) is 0 Å². The van der Waals surface area contributed by atoms with Crippen molar-refractivity contribution in [1.29, 1.82) is 0 Å². The highest BCUT2D eigenvalue weighted by Crippen LogP contribution is 2.25. The molecule has 2 aliphatic rings. The Bertz CT molecular complexity index is 548. The lowest BCUT2D eigenvalue weighted by Gasteiger charge is -2.31. The Labute approximate surface area is 118 Å². The number of aryl methyl sites for hydroxylation is 1. The summed E-state index contributed by atoms with van der Waals surface area (Å²) in [6, 6.07) is 0. The Hall–Kier alpha value is -1.62. The molecule has 1 aliphatic heterocycles. The molecule has 0 spiro atoms. The number of aromatic nitrogens is 2. The minimum absolute atomic E-state index is 0.232. The van der Waals surface area contributed by atoms with Gasteiger partial charge in [-0.05, 0) is 25.2 Å². The van der Waals surface area contributed by atoms with Gasteiger partial charge in [-0.25, -0.2) is 4.79 Å². The van der Waals surface area contributed by atoms with Crippen LogP contribution in [0.3, 0.4) is 0 Å².